The monoisotopic (exact) mass is 528 g/mol. The van der Waals surface area contributed by atoms with E-state index in [0.29, 0.717) is 29.2 Å². The number of aromatic nitrogens is 3. The van der Waals surface area contributed by atoms with Crippen molar-refractivity contribution < 1.29 is 23.5 Å². The van der Waals surface area contributed by atoms with Gasteiger partial charge in [0.25, 0.3) is 11.5 Å². The van der Waals surface area contributed by atoms with Crippen LogP contribution in [0.15, 0.2) is 71.7 Å². The van der Waals surface area contributed by atoms with E-state index >= 15 is 4.39 Å². The molecule has 0 bridgehead atoms. The summed E-state index contributed by atoms with van der Waals surface area (Å²) in [6.45, 7) is 2.17. The first kappa shape index (κ1) is 24.6. The third-order valence-electron chi connectivity index (χ3n) is 7.29. The van der Waals surface area contributed by atoms with Gasteiger partial charge in [0.1, 0.15) is 17.1 Å². The van der Waals surface area contributed by atoms with Crippen LogP contribution < -0.4 is 15.2 Å². The Kier molecular flexibility index (Phi) is 5.82. The minimum absolute atomic E-state index is 0.0207. The van der Waals surface area contributed by atoms with Crippen molar-refractivity contribution in [2.24, 2.45) is 0 Å². The van der Waals surface area contributed by atoms with Gasteiger partial charge in [-0.2, -0.15) is 5.10 Å². The first-order valence-electron chi connectivity index (χ1n) is 12.6. The number of carbonyl (C=O) groups excluding carboxylic acids is 2. The Morgan fingerprint density at radius 3 is 2.44 bits per heavy atom. The zero-order chi connectivity index (χ0) is 27.3. The lowest BCUT2D eigenvalue weighted by molar-refractivity contribution is 0.0516. The van der Waals surface area contributed by atoms with Crippen molar-refractivity contribution in [2.75, 3.05) is 25.2 Å². The summed E-state index contributed by atoms with van der Waals surface area (Å²) in [6, 6.07) is 16.2. The van der Waals surface area contributed by atoms with Gasteiger partial charge in [-0.3, -0.25) is 14.2 Å². The highest BCUT2D eigenvalue weighted by molar-refractivity contribution is 6.10. The second kappa shape index (κ2) is 9.23. The molecular formula is C29H25FN4O5. The molecule has 3 heterocycles. The maximum atomic E-state index is 15.2. The molecule has 39 heavy (non-hydrogen) atoms. The van der Waals surface area contributed by atoms with Crippen LogP contribution in [0.4, 0.5) is 10.1 Å². The number of benzene rings is 2. The van der Waals surface area contributed by atoms with Crippen LogP contribution in [0.2, 0.25) is 0 Å². The molecule has 1 spiro atoms. The fraction of sp³-hybridized carbons (Fsp3) is 0.241. The van der Waals surface area contributed by atoms with Crippen LogP contribution >= 0.6 is 0 Å². The quantitative estimate of drug-likeness (QED) is 0.351. The van der Waals surface area contributed by atoms with Crippen molar-refractivity contribution in [1.29, 1.82) is 0 Å². The van der Waals surface area contributed by atoms with Crippen LogP contribution in [-0.4, -0.2) is 46.5 Å². The number of pyridine rings is 1. The summed E-state index contributed by atoms with van der Waals surface area (Å²) >= 11 is 0. The number of amides is 1. The minimum atomic E-state index is -0.650. The first-order valence-corrected chi connectivity index (χ1v) is 12.6. The van der Waals surface area contributed by atoms with E-state index in [1.807, 2.05) is 0 Å². The van der Waals surface area contributed by atoms with E-state index < -0.39 is 23.1 Å². The van der Waals surface area contributed by atoms with Crippen molar-refractivity contribution in [3.63, 3.8) is 0 Å². The molecule has 1 aliphatic heterocycles. The number of methoxy groups -OCH3 is 1. The van der Waals surface area contributed by atoms with Gasteiger partial charge in [0.05, 0.1) is 13.7 Å². The van der Waals surface area contributed by atoms with E-state index in [2.05, 4.69) is 5.10 Å². The average molecular weight is 529 g/mol. The summed E-state index contributed by atoms with van der Waals surface area (Å²) in [6.07, 6.45) is 3.16. The number of halogens is 1. The van der Waals surface area contributed by atoms with Crippen molar-refractivity contribution in [1.82, 2.24) is 14.3 Å². The SMILES string of the molecule is CCOC(=O)c1nn(-c2ccc(OC)cc2F)c2c1C1(CC1)CN(c1ccc(-n3ccccc3=O)cc1)C2=O. The van der Waals surface area contributed by atoms with Gasteiger partial charge in [0, 0.05) is 47.2 Å². The van der Waals surface area contributed by atoms with Gasteiger partial charge >= 0.3 is 5.97 Å². The molecule has 9 nitrogen and oxygen atoms in total. The maximum absolute atomic E-state index is 15.2. The molecular weight excluding hydrogens is 503 g/mol. The van der Waals surface area contributed by atoms with Crippen LogP contribution in [0.5, 0.6) is 5.75 Å². The van der Waals surface area contributed by atoms with Crippen LogP contribution in [0, 0.1) is 5.82 Å². The molecule has 1 fully saturated rings. The highest BCUT2D eigenvalue weighted by atomic mass is 19.1. The van der Waals surface area contributed by atoms with Gasteiger partial charge < -0.3 is 14.4 Å². The van der Waals surface area contributed by atoms with E-state index in [4.69, 9.17) is 9.47 Å². The van der Waals surface area contributed by atoms with Gasteiger partial charge in [-0.05, 0) is 62.2 Å². The summed E-state index contributed by atoms with van der Waals surface area (Å²) in [7, 11) is 1.43. The smallest absolute Gasteiger partial charge is 0.359 e. The molecule has 0 saturated heterocycles. The highest BCUT2D eigenvalue weighted by Gasteiger charge is 2.56. The Morgan fingerprint density at radius 2 is 1.79 bits per heavy atom. The van der Waals surface area contributed by atoms with Crippen molar-refractivity contribution in [3.8, 4) is 17.1 Å². The summed E-state index contributed by atoms with van der Waals surface area (Å²) in [4.78, 5) is 40.9. The molecule has 2 aromatic carbocycles. The molecule has 6 rings (SSSR count). The van der Waals surface area contributed by atoms with E-state index in [0.717, 1.165) is 12.8 Å². The second-order valence-electron chi connectivity index (χ2n) is 9.62. The molecule has 0 atom stereocenters. The summed E-state index contributed by atoms with van der Waals surface area (Å²) in [5.74, 6) is -1.40. The van der Waals surface area contributed by atoms with Crippen molar-refractivity contribution >= 4 is 17.6 Å². The number of fused-ring (bicyclic) bond motifs is 2. The Hall–Kier alpha value is -4.73. The third kappa shape index (κ3) is 3.99. The molecule has 1 saturated carbocycles. The van der Waals surface area contributed by atoms with E-state index in [9.17, 15) is 14.4 Å². The van der Waals surface area contributed by atoms with Crippen LogP contribution in [0.1, 0.15) is 46.3 Å². The third-order valence-corrected chi connectivity index (χ3v) is 7.29. The van der Waals surface area contributed by atoms with E-state index in [1.165, 1.54) is 34.6 Å². The van der Waals surface area contributed by atoms with E-state index in [1.54, 1.807) is 60.5 Å². The largest absolute Gasteiger partial charge is 0.497 e. The van der Waals surface area contributed by atoms with Gasteiger partial charge in [0.15, 0.2) is 11.5 Å². The lowest BCUT2D eigenvalue weighted by Gasteiger charge is -2.33. The predicted molar refractivity (Wildman–Crippen MR) is 141 cm³/mol. The Balaban J connectivity index is 1.48. The standard InChI is InChI=1S/C29H25FN4O5/c1-3-39-28(37)25-24-26(34(31-25)22-12-11-20(38-2)16-21(22)30)27(36)33(17-29(24)13-14-29)19-9-7-18(8-10-19)32-15-5-4-6-23(32)35/h4-12,15-16H,3,13-14,17H2,1-2H3. The normalized spacial score (nSPS) is 15.3. The molecule has 10 heteroatoms. The summed E-state index contributed by atoms with van der Waals surface area (Å²) in [5.41, 5.74) is 1.30. The zero-order valence-electron chi connectivity index (χ0n) is 21.4. The summed E-state index contributed by atoms with van der Waals surface area (Å²) in [5, 5.41) is 4.45. The fourth-order valence-corrected chi connectivity index (χ4v) is 5.20. The number of hydrogen-bond acceptors (Lipinski definition) is 6. The lowest BCUT2D eigenvalue weighted by atomic mass is 9.88. The van der Waals surface area contributed by atoms with Crippen LogP contribution in [-0.2, 0) is 10.2 Å². The lowest BCUT2D eigenvalue weighted by Crippen LogP contribution is -2.44. The molecule has 1 amide bonds. The maximum Gasteiger partial charge on any atom is 0.359 e. The van der Waals surface area contributed by atoms with Crippen LogP contribution in [0.25, 0.3) is 11.4 Å². The van der Waals surface area contributed by atoms with Gasteiger partial charge in [-0.25, -0.2) is 13.9 Å². The Bertz CT molecular complexity index is 1670. The number of rotatable bonds is 6. The van der Waals surface area contributed by atoms with Gasteiger partial charge in [-0.15, -0.1) is 0 Å². The number of ether oxygens (including phenoxy) is 2. The molecule has 0 radical (unpaired) electrons. The molecule has 2 aliphatic rings. The molecule has 1 aliphatic carbocycles. The minimum Gasteiger partial charge on any atom is -0.497 e. The Labute approximate surface area is 223 Å². The second-order valence-corrected chi connectivity index (χ2v) is 9.62. The first-order chi connectivity index (χ1) is 18.9. The highest BCUT2D eigenvalue weighted by Crippen LogP contribution is 2.54. The number of anilines is 1. The van der Waals surface area contributed by atoms with Gasteiger partial charge in [-0.1, -0.05) is 6.07 Å². The predicted octanol–water partition coefficient (Wildman–Crippen LogP) is 4.04. The summed E-state index contributed by atoms with van der Waals surface area (Å²) < 4.78 is 28.3. The molecule has 4 aromatic rings. The number of hydrogen-bond donors (Lipinski definition) is 0. The Morgan fingerprint density at radius 1 is 1.05 bits per heavy atom. The number of esters is 1. The van der Waals surface area contributed by atoms with E-state index in [-0.39, 0.29) is 29.2 Å². The van der Waals surface area contributed by atoms with Crippen molar-refractivity contribution in [2.45, 2.75) is 25.2 Å². The molecule has 198 valence electrons. The fourth-order valence-electron chi connectivity index (χ4n) is 5.20. The average Bonchev–Trinajstić information content (AvgIpc) is 3.60. The van der Waals surface area contributed by atoms with Crippen LogP contribution in [0.3, 0.4) is 0 Å². The number of carbonyl (C=O) groups is 2. The zero-order valence-corrected chi connectivity index (χ0v) is 21.4. The van der Waals surface area contributed by atoms with Gasteiger partial charge in [0.2, 0.25) is 0 Å². The molecule has 2 aromatic heterocycles. The van der Waals surface area contributed by atoms with Crippen molar-refractivity contribution in [3.05, 3.63) is 100.0 Å². The molecule has 0 N–H and O–H groups in total. The number of nitrogens with zero attached hydrogens (tertiary/aromatic N) is 4. The molecule has 0 unspecified atom stereocenters. The topological polar surface area (TPSA) is 95.7 Å².